The SMILES string of the molecule is Nc1ccc(Cl)cc1C(CO)c1ccccc1Cl. The normalized spacial score (nSPS) is 12.4. The summed E-state index contributed by atoms with van der Waals surface area (Å²) in [4.78, 5) is 0. The maximum absolute atomic E-state index is 9.62. The minimum absolute atomic E-state index is 0.0751. The van der Waals surface area contributed by atoms with Crippen LogP contribution < -0.4 is 5.73 Å². The van der Waals surface area contributed by atoms with Crippen molar-refractivity contribution >= 4 is 28.9 Å². The van der Waals surface area contributed by atoms with Crippen molar-refractivity contribution in [3.8, 4) is 0 Å². The van der Waals surface area contributed by atoms with Crippen molar-refractivity contribution in [3.05, 3.63) is 63.6 Å². The second kappa shape index (κ2) is 5.61. The zero-order valence-electron chi connectivity index (χ0n) is 9.61. The molecular formula is C14H13Cl2NO. The number of hydrogen-bond donors (Lipinski definition) is 2. The number of aliphatic hydroxyl groups is 1. The van der Waals surface area contributed by atoms with Gasteiger partial charge in [0.15, 0.2) is 0 Å². The number of rotatable bonds is 3. The van der Waals surface area contributed by atoms with Gasteiger partial charge in [0.25, 0.3) is 0 Å². The highest BCUT2D eigenvalue weighted by atomic mass is 35.5. The highest BCUT2D eigenvalue weighted by molar-refractivity contribution is 6.31. The average molecular weight is 282 g/mol. The average Bonchev–Trinajstić information content (AvgIpc) is 2.36. The van der Waals surface area contributed by atoms with Gasteiger partial charge in [0.2, 0.25) is 0 Å². The van der Waals surface area contributed by atoms with E-state index in [1.54, 1.807) is 24.3 Å². The van der Waals surface area contributed by atoms with Crippen LogP contribution in [0.2, 0.25) is 10.0 Å². The summed E-state index contributed by atoms with van der Waals surface area (Å²) in [5.41, 5.74) is 8.17. The van der Waals surface area contributed by atoms with E-state index in [4.69, 9.17) is 28.9 Å². The Morgan fingerprint density at radius 3 is 2.44 bits per heavy atom. The van der Waals surface area contributed by atoms with Crippen LogP contribution in [0.1, 0.15) is 17.0 Å². The molecule has 2 rings (SSSR count). The van der Waals surface area contributed by atoms with Gasteiger partial charge in [-0.05, 0) is 35.4 Å². The fraction of sp³-hybridized carbons (Fsp3) is 0.143. The van der Waals surface area contributed by atoms with E-state index in [0.29, 0.717) is 15.7 Å². The highest BCUT2D eigenvalue weighted by Gasteiger charge is 2.18. The van der Waals surface area contributed by atoms with Crippen molar-refractivity contribution in [2.75, 3.05) is 12.3 Å². The zero-order valence-corrected chi connectivity index (χ0v) is 11.1. The van der Waals surface area contributed by atoms with Gasteiger partial charge in [-0.25, -0.2) is 0 Å². The molecule has 0 aliphatic rings. The van der Waals surface area contributed by atoms with Crippen LogP contribution in [-0.4, -0.2) is 11.7 Å². The first-order chi connectivity index (χ1) is 8.63. The maximum Gasteiger partial charge on any atom is 0.0541 e. The molecule has 94 valence electrons. The van der Waals surface area contributed by atoms with Gasteiger partial charge in [-0.3, -0.25) is 0 Å². The number of nitrogens with two attached hydrogens (primary N) is 1. The number of benzene rings is 2. The summed E-state index contributed by atoms with van der Waals surface area (Å²) in [5, 5.41) is 10.8. The lowest BCUT2D eigenvalue weighted by Crippen LogP contribution is -2.09. The van der Waals surface area contributed by atoms with Crippen LogP contribution in [0.5, 0.6) is 0 Å². The van der Waals surface area contributed by atoms with Crippen molar-refractivity contribution < 1.29 is 5.11 Å². The second-order valence-corrected chi connectivity index (χ2v) is 4.87. The summed E-state index contributed by atoms with van der Waals surface area (Å²) >= 11 is 12.1. The van der Waals surface area contributed by atoms with Crippen LogP contribution in [-0.2, 0) is 0 Å². The molecule has 0 aromatic heterocycles. The molecule has 0 heterocycles. The third-order valence-corrected chi connectivity index (χ3v) is 3.47. The summed E-state index contributed by atoms with van der Waals surface area (Å²) in [7, 11) is 0. The number of halogens is 2. The maximum atomic E-state index is 9.62. The van der Waals surface area contributed by atoms with Gasteiger partial charge in [-0.15, -0.1) is 0 Å². The molecule has 0 radical (unpaired) electrons. The van der Waals surface area contributed by atoms with Crippen LogP contribution in [0, 0.1) is 0 Å². The first-order valence-corrected chi connectivity index (χ1v) is 6.29. The van der Waals surface area contributed by atoms with E-state index in [1.807, 2.05) is 18.2 Å². The van der Waals surface area contributed by atoms with E-state index in [1.165, 1.54) is 0 Å². The van der Waals surface area contributed by atoms with Crippen LogP contribution in [0.4, 0.5) is 5.69 Å². The molecule has 3 N–H and O–H groups in total. The topological polar surface area (TPSA) is 46.2 Å². The van der Waals surface area contributed by atoms with E-state index >= 15 is 0 Å². The molecule has 0 spiro atoms. The summed E-state index contributed by atoms with van der Waals surface area (Å²) in [5.74, 6) is -0.266. The summed E-state index contributed by atoms with van der Waals surface area (Å²) in [6, 6.07) is 12.6. The molecule has 0 saturated heterocycles. The molecule has 0 aliphatic carbocycles. The van der Waals surface area contributed by atoms with Crippen molar-refractivity contribution in [2.45, 2.75) is 5.92 Å². The molecule has 0 amide bonds. The molecule has 0 saturated carbocycles. The number of aliphatic hydroxyl groups excluding tert-OH is 1. The predicted octanol–water partition coefficient (Wildman–Crippen LogP) is 3.70. The number of nitrogen functional groups attached to an aromatic ring is 1. The molecule has 0 aliphatic heterocycles. The Bertz CT molecular complexity index is 557. The summed E-state index contributed by atoms with van der Waals surface area (Å²) in [6.45, 7) is -0.0751. The highest BCUT2D eigenvalue weighted by Crippen LogP contribution is 2.34. The summed E-state index contributed by atoms with van der Waals surface area (Å²) < 4.78 is 0. The third-order valence-electron chi connectivity index (χ3n) is 2.89. The molecular weight excluding hydrogens is 269 g/mol. The lowest BCUT2D eigenvalue weighted by Gasteiger charge is -2.18. The molecule has 2 aromatic carbocycles. The Morgan fingerprint density at radius 2 is 1.78 bits per heavy atom. The van der Waals surface area contributed by atoms with Gasteiger partial charge in [-0.2, -0.15) is 0 Å². The molecule has 2 aromatic rings. The molecule has 4 heteroatoms. The summed E-state index contributed by atoms with van der Waals surface area (Å²) in [6.07, 6.45) is 0. The quantitative estimate of drug-likeness (QED) is 0.843. The Balaban J connectivity index is 2.52. The molecule has 1 atom stereocenters. The zero-order chi connectivity index (χ0) is 13.1. The standard InChI is InChI=1S/C14H13Cl2NO/c15-9-5-6-14(17)11(7-9)12(8-18)10-3-1-2-4-13(10)16/h1-7,12,18H,8,17H2. The molecule has 0 fully saturated rings. The second-order valence-electron chi connectivity index (χ2n) is 4.03. The molecule has 2 nitrogen and oxygen atoms in total. The number of hydrogen-bond acceptors (Lipinski definition) is 2. The van der Waals surface area contributed by atoms with Gasteiger partial charge >= 0.3 is 0 Å². The van der Waals surface area contributed by atoms with Crippen molar-refractivity contribution in [3.63, 3.8) is 0 Å². The molecule has 1 unspecified atom stereocenters. The molecule has 0 bridgehead atoms. The smallest absolute Gasteiger partial charge is 0.0541 e. The van der Waals surface area contributed by atoms with Crippen molar-refractivity contribution in [2.24, 2.45) is 0 Å². The van der Waals surface area contributed by atoms with Crippen molar-refractivity contribution in [1.29, 1.82) is 0 Å². The minimum Gasteiger partial charge on any atom is -0.398 e. The van der Waals surface area contributed by atoms with Crippen LogP contribution in [0.15, 0.2) is 42.5 Å². The van der Waals surface area contributed by atoms with E-state index < -0.39 is 0 Å². The van der Waals surface area contributed by atoms with E-state index in [9.17, 15) is 5.11 Å². The Morgan fingerprint density at radius 1 is 1.06 bits per heavy atom. The fourth-order valence-electron chi connectivity index (χ4n) is 1.97. The monoisotopic (exact) mass is 281 g/mol. The lowest BCUT2D eigenvalue weighted by molar-refractivity contribution is 0.281. The van der Waals surface area contributed by atoms with Crippen molar-refractivity contribution in [1.82, 2.24) is 0 Å². The Kier molecular flexibility index (Phi) is 4.12. The Hall–Kier alpha value is -1.22. The van der Waals surface area contributed by atoms with Crippen LogP contribution in [0.3, 0.4) is 0 Å². The first kappa shape index (κ1) is 13.2. The van der Waals surface area contributed by atoms with Gasteiger partial charge in [-0.1, -0.05) is 41.4 Å². The van der Waals surface area contributed by atoms with Gasteiger partial charge in [0.05, 0.1) is 6.61 Å². The fourth-order valence-corrected chi connectivity index (χ4v) is 2.42. The molecule has 18 heavy (non-hydrogen) atoms. The predicted molar refractivity (Wildman–Crippen MR) is 76.2 cm³/mol. The third kappa shape index (κ3) is 2.61. The van der Waals surface area contributed by atoms with Gasteiger partial charge in [0, 0.05) is 21.7 Å². The van der Waals surface area contributed by atoms with Crippen LogP contribution >= 0.6 is 23.2 Å². The van der Waals surface area contributed by atoms with E-state index in [0.717, 1.165) is 11.1 Å². The van der Waals surface area contributed by atoms with E-state index in [2.05, 4.69) is 0 Å². The number of anilines is 1. The van der Waals surface area contributed by atoms with E-state index in [-0.39, 0.29) is 12.5 Å². The van der Waals surface area contributed by atoms with Gasteiger partial charge in [0.1, 0.15) is 0 Å². The Labute approximate surface area is 116 Å². The van der Waals surface area contributed by atoms with Crippen LogP contribution in [0.25, 0.3) is 0 Å². The van der Waals surface area contributed by atoms with Gasteiger partial charge < -0.3 is 10.8 Å². The lowest BCUT2D eigenvalue weighted by atomic mass is 9.91. The largest absolute Gasteiger partial charge is 0.398 e. The minimum atomic E-state index is -0.266. The first-order valence-electron chi connectivity index (χ1n) is 5.53.